The molecule has 56 heavy (non-hydrogen) atoms. The third-order valence-electron chi connectivity index (χ3n) is 10.00. The highest BCUT2D eigenvalue weighted by Gasteiger charge is 2.19. The van der Waals surface area contributed by atoms with Crippen molar-refractivity contribution in [3.8, 4) is 68.3 Å². The fourth-order valence-corrected chi connectivity index (χ4v) is 8.47. The molecule has 0 radical (unpaired) electrons. The number of thiophene rings is 1. The Kier molecular flexibility index (Phi) is 7.53. The first-order valence-electron chi connectivity index (χ1n) is 18.3. The second-order valence-electron chi connectivity index (χ2n) is 13.5. The monoisotopic (exact) mass is 736 g/mol. The lowest BCUT2D eigenvalue weighted by Gasteiger charge is -2.10. The first-order chi connectivity index (χ1) is 27.7. The van der Waals surface area contributed by atoms with Crippen molar-refractivity contribution >= 4 is 53.4 Å². The molecule has 0 N–H and O–H groups in total. The minimum absolute atomic E-state index is 0.595. The van der Waals surface area contributed by atoms with E-state index in [1.165, 1.54) is 0 Å². The van der Waals surface area contributed by atoms with Gasteiger partial charge < -0.3 is 4.42 Å². The highest BCUT2D eigenvalue weighted by Crippen LogP contribution is 2.41. The minimum Gasteiger partial charge on any atom is -0.456 e. The molecule has 0 aliphatic heterocycles. The Hall–Kier alpha value is -7.42. The third kappa shape index (κ3) is 5.59. The largest absolute Gasteiger partial charge is 0.456 e. The molecule has 11 aromatic rings. The Labute approximate surface area is 324 Å². The summed E-state index contributed by atoms with van der Waals surface area (Å²) in [6, 6.07) is 57.2. The van der Waals surface area contributed by atoms with E-state index in [0.717, 1.165) is 75.5 Å². The average molecular weight is 737 g/mol. The van der Waals surface area contributed by atoms with Crippen LogP contribution in [0.5, 0.6) is 0 Å². The van der Waals surface area contributed by atoms with Crippen molar-refractivity contribution in [2.24, 2.45) is 0 Å². The van der Waals surface area contributed by atoms with Crippen LogP contribution in [-0.4, -0.2) is 29.9 Å². The van der Waals surface area contributed by atoms with E-state index in [0.29, 0.717) is 34.9 Å². The van der Waals surface area contributed by atoms with E-state index in [2.05, 4.69) is 48.5 Å². The standard InChI is InChI=1S/C48H28N6OS/c1-4-13-29(14-5-1)43-50-46(32-24-26-39-37(27-32)34-19-10-11-21-38(34)55-39)52-47(51-43)33-23-25-35-41(28-33)56-40-22-12-20-36(42(35)40)48-53-44(30-15-6-2-7-16-30)49-45(54-48)31-17-8-3-9-18-31/h1-28H. The highest BCUT2D eigenvalue weighted by molar-refractivity contribution is 7.26. The van der Waals surface area contributed by atoms with Crippen LogP contribution >= 0.6 is 11.3 Å². The smallest absolute Gasteiger partial charge is 0.164 e. The van der Waals surface area contributed by atoms with Crippen molar-refractivity contribution in [2.45, 2.75) is 0 Å². The molecular weight excluding hydrogens is 709 g/mol. The molecule has 11 rings (SSSR count). The molecule has 0 aliphatic rings. The SMILES string of the molecule is c1ccc(-c2nc(-c3ccc4c(c3)sc3cccc(-c5nc(-c6ccccc6)nc(-c6ccccc6)n5)c34)nc(-c3ccc4oc5ccccc5c4c3)n2)cc1. The van der Waals surface area contributed by atoms with Crippen molar-refractivity contribution in [1.29, 1.82) is 0 Å². The van der Waals surface area contributed by atoms with Gasteiger partial charge in [-0.1, -0.05) is 133 Å². The van der Waals surface area contributed by atoms with Gasteiger partial charge in [0.2, 0.25) is 0 Å². The Morgan fingerprint density at radius 1 is 0.321 bits per heavy atom. The molecule has 7 aromatic carbocycles. The Morgan fingerprint density at radius 3 is 1.45 bits per heavy atom. The molecule has 0 spiro atoms. The summed E-state index contributed by atoms with van der Waals surface area (Å²) in [6.07, 6.45) is 0. The second-order valence-corrected chi connectivity index (χ2v) is 14.6. The zero-order chi connectivity index (χ0) is 37.0. The van der Waals surface area contributed by atoms with E-state index in [-0.39, 0.29) is 0 Å². The van der Waals surface area contributed by atoms with Gasteiger partial charge in [-0.3, -0.25) is 0 Å². The number of furan rings is 1. The Morgan fingerprint density at radius 2 is 0.821 bits per heavy atom. The van der Waals surface area contributed by atoms with Gasteiger partial charge in [-0.25, -0.2) is 29.9 Å². The molecule has 4 aromatic heterocycles. The summed E-state index contributed by atoms with van der Waals surface area (Å²) < 4.78 is 8.37. The van der Waals surface area contributed by atoms with E-state index in [1.54, 1.807) is 11.3 Å². The number of hydrogen-bond acceptors (Lipinski definition) is 8. The summed E-state index contributed by atoms with van der Waals surface area (Å²) in [5.41, 5.74) is 7.21. The zero-order valence-corrected chi connectivity index (χ0v) is 30.5. The molecule has 0 atom stereocenters. The molecule has 0 amide bonds. The van der Waals surface area contributed by atoms with Crippen LogP contribution in [0.3, 0.4) is 0 Å². The van der Waals surface area contributed by atoms with Crippen molar-refractivity contribution in [3.63, 3.8) is 0 Å². The van der Waals surface area contributed by atoms with Crippen LogP contribution in [0, 0.1) is 0 Å². The van der Waals surface area contributed by atoms with Crippen molar-refractivity contribution in [1.82, 2.24) is 29.9 Å². The van der Waals surface area contributed by atoms with E-state index in [1.807, 2.05) is 121 Å². The molecule has 0 fully saturated rings. The maximum atomic E-state index is 6.12. The number of rotatable bonds is 6. The van der Waals surface area contributed by atoms with Gasteiger partial charge in [0, 0.05) is 64.3 Å². The van der Waals surface area contributed by atoms with Crippen LogP contribution < -0.4 is 0 Å². The van der Waals surface area contributed by atoms with Gasteiger partial charge in [-0.05, 0) is 36.4 Å². The van der Waals surface area contributed by atoms with E-state index >= 15 is 0 Å². The predicted molar refractivity (Wildman–Crippen MR) is 226 cm³/mol. The molecule has 0 saturated carbocycles. The van der Waals surface area contributed by atoms with Gasteiger partial charge in [0.05, 0.1) is 0 Å². The van der Waals surface area contributed by atoms with Crippen molar-refractivity contribution in [2.75, 3.05) is 0 Å². The van der Waals surface area contributed by atoms with Crippen LogP contribution in [0.15, 0.2) is 174 Å². The van der Waals surface area contributed by atoms with E-state index in [4.69, 9.17) is 34.3 Å². The minimum atomic E-state index is 0.595. The molecule has 262 valence electrons. The lowest BCUT2D eigenvalue weighted by atomic mass is 10.0. The Balaban J connectivity index is 1.06. The summed E-state index contributed by atoms with van der Waals surface area (Å²) in [7, 11) is 0. The average Bonchev–Trinajstić information content (AvgIpc) is 3.85. The fourth-order valence-electron chi connectivity index (χ4n) is 7.30. The van der Waals surface area contributed by atoms with E-state index in [9.17, 15) is 0 Å². The topological polar surface area (TPSA) is 90.5 Å². The van der Waals surface area contributed by atoms with Gasteiger partial charge in [-0.2, -0.15) is 0 Å². The number of nitrogens with zero attached hydrogens (tertiary/aromatic N) is 6. The van der Waals surface area contributed by atoms with Gasteiger partial charge >= 0.3 is 0 Å². The van der Waals surface area contributed by atoms with Crippen LogP contribution in [0.25, 0.3) is 110 Å². The van der Waals surface area contributed by atoms with Crippen molar-refractivity contribution in [3.05, 3.63) is 170 Å². The number of fused-ring (bicyclic) bond motifs is 6. The van der Waals surface area contributed by atoms with Crippen LogP contribution in [0.2, 0.25) is 0 Å². The zero-order valence-electron chi connectivity index (χ0n) is 29.7. The third-order valence-corrected chi connectivity index (χ3v) is 11.1. The molecule has 0 aliphatic carbocycles. The van der Waals surface area contributed by atoms with Gasteiger partial charge in [-0.15, -0.1) is 11.3 Å². The van der Waals surface area contributed by atoms with Crippen LogP contribution in [0.1, 0.15) is 0 Å². The Bertz CT molecular complexity index is 3200. The number of benzene rings is 7. The summed E-state index contributed by atoms with van der Waals surface area (Å²) in [5, 5.41) is 4.29. The maximum Gasteiger partial charge on any atom is 0.164 e. The van der Waals surface area contributed by atoms with Gasteiger partial charge in [0.15, 0.2) is 34.9 Å². The lowest BCUT2D eigenvalue weighted by Crippen LogP contribution is -2.00. The fraction of sp³-hybridized carbons (Fsp3) is 0. The van der Waals surface area contributed by atoms with Crippen LogP contribution in [0.4, 0.5) is 0 Å². The lowest BCUT2D eigenvalue weighted by molar-refractivity contribution is 0.669. The molecule has 0 saturated heterocycles. The molecule has 0 unspecified atom stereocenters. The highest BCUT2D eigenvalue weighted by atomic mass is 32.1. The van der Waals surface area contributed by atoms with E-state index < -0.39 is 0 Å². The predicted octanol–water partition coefficient (Wildman–Crippen LogP) is 12.3. The van der Waals surface area contributed by atoms with Gasteiger partial charge in [0.25, 0.3) is 0 Å². The quantitative estimate of drug-likeness (QED) is 0.168. The summed E-state index contributed by atoms with van der Waals surface area (Å²) in [4.78, 5) is 30.2. The number of para-hydroxylation sites is 1. The molecule has 7 nitrogen and oxygen atoms in total. The van der Waals surface area contributed by atoms with Crippen LogP contribution in [-0.2, 0) is 0 Å². The maximum absolute atomic E-state index is 6.12. The van der Waals surface area contributed by atoms with Gasteiger partial charge in [0.1, 0.15) is 11.2 Å². The molecule has 8 heteroatoms. The summed E-state index contributed by atoms with van der Waals surface area (Å²) >= 11 is 1.73. The first-order valence-corrected chi connectivity index (χ1v) is 19.1. The molecule has 0 bridgehead atoms. The summed E-state index contributed by atoms with van der Waals surface area (Å²) in [6.45, 7) is 0. The molecular formula is C48H28N6OS. The number of aromatic nitrogens is 6. The number of hydrogen-bond donors (Lipinski definition) is 0. The first kappa shape index (κ1) is 32.0. The normalized spacial score (nSPS) is 11.6. The summed E-state index contributed by atoms with van der Waals surface area (Å²) in [5.74, 6) is 3.70. The second kappa shape index (κ2) is 13.2. The molecule has 4 heterocycles. The van der Waals surface area contributed by atoms with Crippen molar-refractivity contribution < 1.29 is 4.42 Å².